The van der Waals surface area contributed by atoms with Gasteiger partial charge >= 0.3 is 6.18 Å². The van der Waals surface area contributed by atoms with Crippen molar-refractivity contribution in [1.82, 2.24) is 19.7 Å². The molecule has 1 N–H and O–H groups in total. The summed E-state index contributed by atoms with van der Waals surface area (Å²) in [5.74, 6) is -0.0577. The fourth-order valence-electron chi connectivity index (χ4n) is 3.40. The molecule has 118 valence electrons. The zero-order valence-electron chi connectivity index (χ0n) is 11.8. The summed E-state index contributed by atoms with van der Waals surface area (Å²) in [6.45, 7) is 3.17. The number of aliphatic hydroxyl groups is 1. The topological polar surface area (TPSA) is 54.2 Å². The highest BCUT2D eigenvalue weighted by molar-refractivity contribution is 5.03. The quantitative estimate of drug-likeness (QED) is 0.857. The third-order valence-corrected chi connectivity index (χ3v) is 4.55. The minimum absolute atomic E-state index is 0.00790. The third-order valence-electron chi connectivity index (χ3n) is 4.55. The highest BCUT2D eigenvalue weighted by Gasteiger charge is 2.41. The molecule has 5 nitrogen and oxygen atoms in total. The van der Waals surface area contributed by atoms with Gasteiger partial charge in [-0.05, 0) is 25.2 Å². The molecule has 1 aromatic rings. The summed E-state index contributed by atoms with van der Waals surface area (Å²) in [6.07, 6.45) is -2.24. The van der Waals surface area contributed by atoms with Gasteiger partial charge in [-0.25, -0.2) is 0 Å². The van der Waals surface area contributed by atoms with Crippen LogP contribution in [-0.2, 0) is 19.3 Å². The summed E-state index contributed by atoms with van der Waals surface area (Å²) in [6, 6.07) is 0.00790. The van der Waals surface area contributed by atoms with E-state index in [2.05, 4.69) is 17.1 Å². The highest BCUT2D eigenvalue weighted by Crippen LogP contribution is 2.32. The fraction of sp³-hybridized carbons (Fsp3) is 0.846. The van der Waals surface area contributed by atoms with Gasteiger partial charge in [0, 0.05) is 19.1 Å². The average molecular weight is 304 g/mol. The van der Waals surface area contributed by atoms with Gasteiger partial charge in [0.1, 0.15) is 5.82 Å². The molecule has 1 aromatic heterocycles. The normalized spacial score (nSPS) is 31.2. The lowest BCUT2D eigenvalue weighted by Crippen LogP contribution is -2.50. The molecule has 3 unspecified atom stereocenters. The number of hydrogen-bond donors (Lipinski definition) is 1. The summed E-state index contributed by atoms with van der Waals surface area (Å²) >= 11 is 0. The van der Waals surface area contributed by atoms with Crippen molar-refractivity contribution in [2.24, 2.45) is 5.92 Å². The van der Waals surface area contributed by atoms with Crippen molar-refractivity contribution in [3.05, 3.63) is 11.6 Å². The number of nitrogens with zero attached hydrogens (tertiary/aromatic N) is 4. The zero-order valence-corrected chi connectivity index (χ0v) is 11.8. The molecule has 0 saturated heterocycles. The van der Waals surface area contributed by atoms with Gasteiger partial charge in [0.15, 0.2) is 0 Å². The van der Waals surface area contributed by atoms with E-state index >= 15 is 0 Å². The Balaban J connectivity index is 1.77. The number of hydrogen-bond acceptors (Lipinski definition) is 4. The Hall–Kier alpha value is -1.15. The van der Waals surface area contributed by atoms with E-state index in [1.807, 2.05) is 4.90 Å². The molecule has 1 fully saturated rings. The Bertz CT molecular complexity index is 516. The van der Waals surface area contributed by atoms with Crippen LogP contribution < -0.4 is 0 Å². The molecule has 0 amide bonds. The Labute approximate surface area is 120 Å². The van der Waals surface area contributed by atoms with Crippen molar-refractivity contribution in [2.45, 2.75) is 57.6 Å². The summed E-state index contributed by atoms with van der Waals surface area (Å²) in [5, 5.41) is 17.1. The monoisotopic (exact) mass is 304 g/mol. The lowest BCUT2D eigenvalue weighted by atomic mass is 9.84. The van der Waals surface area contributed by atoms with Crippen LogP contribution in [0.2, 0.25) is 0 Å². The van der Waals surface area contributed by atoms with E-state index in [-0.39, 0.29) is 12.6 Å². The molecule has 21 heavy (non-hydrogen) atoms. The SMILES string of the molecule is CC1CCC(O)C(N2CCn3c(nnc3C(F)(F)F)C2)C1. The van der Waals surface area contributed by atoms with Crippen molar-refractivity contribution in [3.63, 3.8) is 0 Å². The summed E-state index contributed by atoms with van der Waals surface area (Å²) in [5.41, 5.74) is 0. The lowest BCUT2D eigenvalue weighted by molar-refractivity contribution is -0.148. The van der Waals surface area contributed by atoms with Crippen LogP contribution in [0.5, 0.6) is 0 Å². The first-order valence-electron chi connectivity index (χ1n) is 7.27. The van der Waals surface area contributed by atoms with Crippen molar-refractivity contribution in [2.75, 3.05) is 6.54 Å². The Kier molecular flexibility index (Phi) is 3.69. The number of halogens is 3. The molecule has 0 spiro atoms. The van der Waals surface area contributed by atoms with Crippen LogP contribution >= 0.6 is 0 Å². The van der Waals surface area contributed by atoms with Gasteiger partial charge in [0.2, 0.25) is 5.82 Å². The van der Waals surface area contributed by atoms with E-state index in [1.165, 1.54) is 0 Å². The fourth-order valence-corrected chi connectivity index (χ4v) is 3.40. The van der Waals surface area contributed by atoms with Crippen molar-refractivity contribution < 1.29 is 18.3 Å². The number of aliphatic hydroxyl groups excluding tert-OH is 1. The van der Waals surface area contributed by atoms with Crippen LogP contribution in [0.1, 0.15) is 37.8 Å². The van der Waals surface area contributed by atoms with Gasteiger partial charge in [0.25, 0.3) is 0 Å². The summed E-state index contributed by atoms with van der Waals surface area (Å²) in [4.78, 5) is 2.05. The number of fused-ring (bicyclic) bond motifs is 1. The molecular weight excluding hydrogens is 285 g/mol. The predicted molar refractivity (Wildman–Crippen MR) is 68.2 cm³/mol. The molecule has 1 aliphatic carbocycles. The Morgan fingerprint density at radius 2 is 1.95 bits per heavy atom. The molecule has 0 aromatic carbocycles. The smallest absolute Gasteiger partial charge is 0.391 e. The molecule has 0 bridgehead atoms. The Morgan fingerprint density at radius 1 is 1.19 bits per heavy atom. The lowest BCUT2D eigenvalue weighted by Gasteiger charge is -2.41. The van der Waals surface area contributed by atoms with E-state index in [9.17, 15) is 18.3 Å². The van der Waals surface area contributed by atoms with Crippen molar-refractivity contribution >= 4 is 0 Å². The highest BCUT2D eigenvalue weighted by atomic mass is 19.4. The molecule has 3 rings (SSSR count). The van der Waals surface area contributed by atoms with Crippen LogP contribution in [0.4, 0.5) is 13.2 Å². The number of alkyl halides is 3. The molecular formula is C13H19F3N4O. The van der Waals surface area contributed by atoms with E-state index in [0.717, 1.165) is 23.8 Å². The standard InChI is InChI=1S/C13H19F3N4O/c1-8-2-3-10(21)9(6-8)19-4-5-20-11(7-19)17-18-12(20)13(14,15)16/h8-10,21H,2-7H2,1H3. The minimum Gasteiger partial charge on any atom is -0.391 e. The van der Waals surface area contributed by atoms with Crippen LogP contribution in [-0.4, -0.2) is 43.5 Å². The van der Waals surface area contributed by atoms with Crippen molar-refractivity contribution in [3.8, 4) is 0 Å². The van der Waals surface area contributed by atoms with Crippen LogP contribution in [0.3, 0.4) is 0 Å². The Morgan fingerprint density at radius 3 is 2.67 bits per heavy atom. The van der Waals surface area contributed by atoms with Crippen LogP contribution in [0.15, 0.2) is 0 Å². The maximum absolute atomic E-state index is 12.8. The molecule has 0 radical (unpaired) electrons. The van der Waals surface area contributed by atoms with Gasteiger partial charge in [-0.3, -0.25) is 4.90 Å². The molecule has 1 aliphatic heterocycles. The second-order valence-electron chi connectivity index (χ2n) is 6.11. The second-order valence-corrected chi connectivity index (χ2v) is 6.11. The van der Waals surface area contributed by atoms with Gasteiger partial charge in [-0.2, -0.15) is 13.2 Å². The van der Waals surface area contributed by atoms with E-state index < -0.39 is 18.1 Å². The molecule has 2 aliphatic rings. The summed E-state index contributed by atoms with van der Waals surface area (Å²) < 4.78 is 39.5. The molecule has 3 atom stereocenters. The summed E-state index contributed by atoms with van der Waals surface area (Å²) in [7, 11) is 0. The van der Waals surface area contributed by atoms with Gasteiger partial charge in [0.05, 0.1) is 12.6 Å². The van der Waals surface area contributed by atoms with Crippen LogP contribution in [0, 0.1) is 5.92 Å². The number of rotatable bonds is 1. The molecule has 2 heterocycles. The second kappa shape index (κ2) is 5.24. The first-order valence-corrected chi connectivity index (χ1v) is 7.27. The number of aromatic nitrogens is 3. The first-order chi connectivity index (χ1) is 9.86. The largest absolute Gasteiger partial charge is 0.451 e. The van der Waals surface area contributed by atoms with Gasteiger partial charge < -0.3 is 9.67 Å². The van der Waals surface area contributed by atoms with Gasteiger partial charge in [-0.15, -0.1) is 10.2 Å². The molecule has 1 saturated carbocycles. The van der Waals surface area contributed by atoms with Crippen LogP contribution in [0.25, 0.3) is 0 Å². The van der Waals surface area contributed by atoms with E-state index in [4.69, 9.17) is 0 Å². The van der Waals surface area contributed by atoms with E-state index in [1.54, 1.807) is 0 Å². The maximum Gasteiger partial charge on any atom is 0.451 e. The van der Waals surface area contributed by atoms with Crippen molar-refractivity contribution in [1.29, 1.82) is 0 Å². The molecule has 8 heteroatoms. The predicted octanol–water partition coefficient (Wildman–Crippen LogP) is 1.66. The third kappa shape index (κ3) is 2.78. The minimum atomic E-state index is -4.47. The maximum atomic E-state index is 12.8. The zero-order chi connectivity index (χ0) is 15.2. The average Bonchev–Trinajstić information content (AvgIpc) is 2.84. The van der Waals surface area contributed by atoms with Gasteiger partial charge in [-0.1, -0.05) is 6.92 Å². The first kappa shape index (κ1) is 14.8. The van der Waals surface area contributed by atoms with E-state index in [0.29, 0.717) is 24.8 Å².